The van der Waals surface area contributed by atoms with E-state index in [1.807, 2.05) is 0 Å². The van der Waals surface area contributed by atoms with Crippen molar-refractivity contribution in [1.29, 1.82) is 0 Å². The van der Waals surface area contributed by atoms with Gasteiger partial charge in [-0.25, -0.2) is 0 Å². The maximum absolute atomic E-state index is 13.2. The Kier molecular flexibility index (Phi) is 4.52. The molecule has 0 aromatic rings. The van der Waals surface area contributed by atoms with Gasteiger partial charge in [0.2, 0.25) is 5.91 Å². The molecule has 0 aromatic carbocycles. The topological polar surface area (TPSA) is 44.8 Å². The average Bonchev–Trinajstić information content (AvgIpc) is 3.21. The monoisotopic (exact) mass is 295 g/mol. The van der Waals surface area contributed by atoms with Crippen molar-refractivity contribution in [2.75, 3.05) is 45.9 Å². The van der Waals surface area contributed by atoms with Gasteiger partial charge in [-0.2, -0.15) is 0 Å². The van der Waals surface area contributed by atoms with E-state index in [1.54, 1.807) is 0 Å². The molecule has 2 aliphatic heterocycles. The molecule has 1 amide bonds. The fraction of sp³-hybridized carbons (Fsp3) is 0.938. The lowest BCUT2D eigenvalue weighted by Crippen LogP contribution is -2.61. The molecule has 5 nitrogen and oxygen atoms in total. The van der Waals surface area contributed by atoms with E-state index in [0.29, 0.717) is 17.9 Å². The molecule has 1 saturated carbocycles. The van der Waals surface area contributed by atoms with Crippen LogP contribution in [-0.2, 0) is 9.53 Å². The number of piperazine rings is 1. The molecular formula is C16H29N3O2. The van der Waals surface area contributed by atoms with Crippen molar-refractivity contribution < 1.29 is 9.53 Å². The largest absolute Gasteiger partial charge is 0.381 e. The number of nitrogens with zero attached hydrogens (tertiary/aromatic N) is 2. The highest BCUT2D eigenvalue weighted by Gasteiger charge is 2.43. The first-order valence-electron chi connectivity index (χ1n) is 8.43. The molecule has 0 radical (unpaired) electrons. The van der Waals surface area contributed by atoms with Crippen molar-refractivity contribution in [3.63, 3.8) is 0 Å². The van der Waals surface area contributed by atoms with E-state index in [9.17, 15) is 4.79 Å². The summed E-state index contributed by atoms with van der Waals surface area (Å²) in [6.45, 7) is 10.7. The lowest BCUT2D eigenvalue weighted by Gasteiger charge is -2.43. The van der Waals surface area contributed by atoms with Gasteiger partial charge in [-0.3, -0.25) is 9.69 Å². The lowest BCUT2D eigenvalue weighted by atomic mass is 9.98. The van der Waals surface area contributed by atoms with Crippen molar-refractivity contribution in [1.82, 2.24) is 15.1 Å². The van der Waals surface area contributed by atoms with E-state index in [0.717, 1.165) is 52.4 Å². The molecule has 2 heterocycles. The fourth-order valence-corrected chi connectivity index (χ4v) is 3.50. The summed E-state index contributed by atoms with van der Waals surface area (Å²) in [4.78, 5) is 17.7. The van der Waals surface area contributed by atoms with E-state index in [4.69, 9.17) is 4.74 Å². The summed E-state index contributed by atoms with van der Waals surface area (Å²) in [5.74, 6) is 0.854. The molecule has 21 heavy (non-hydrogen) atoms. The molecular weight excluding hydrogens is 266 g/mol. The Morgan fingerprint density at radius 1 is 1.29 bits per heavy atom. The minimum atomic E-state index is -0.385. The summed E-state index contributed by atoms with van der Waals surface area (Å²) in [6.07, 6.45) is 3.46. The minimum absolute atomic E-state index is 0.318. The number of nitrogens with one attached hydrogen (secondary N) is 1. The summed E-state index contributed by atoms with van der Waals surface area (Å²) in [7, 11) is 0. The third kappa shape index (κ3) is 3.41. The highest BCUT2D eigenvalue weighted by atomic mass is 16.5. The van der Waals surface area contributed by atoms with Gasteiger partial charge < -0.3 is 15.0 Å². The predicted octanol–water partition coefficient (Wildman–Crippen LogP) is 0.698. The summed E-state index contributed by atoms with van der Waals surface area (Å²) in [6, 6.07) is 0.486. The molecule has 1 N–H and O–H groups in total. The van der Waals surface area contributed by atoms with Gasteiger partial charge >= 0.3 is 0 Å². The average molecular weight is 295 g/mol. The number of hydrogen-bond donors (Lipinski definition) is 1. The van der Waals surface area contributed by atoms with Crippen LogP contribution in [0.1, 0.15) is 33.1 Å². The Bertz CT molecular complexity index is 370. The van der Waals surface area contributed by atoms with Crippen LogP contribution < -0.4 is 5.32 Å². The molecule has 3 rings (SSSR count). The molecule has 0 spiro atoms. The quantitative estimate of drug-likeness (QED) is 0.811. The first kappa shape index (κ1) is 15.3. The van der Waals surface area contributed by atoms with E-state index in [1.165, 1.54) is 12.8 Å². The van der Waals surface area contributed by atoms with E-state index >= 15 is 0 Å². The normalized spacial score (nSPS) is 27.8. The first-order chi connectivity index (χ1) is 10.1. The van der Waals surface area contributed by atoms with Crippen molar-refractivity contribution in [3.05, 3.63) is 0 Å². The summed E-state index contributed by atoms with van der Waals surface area (Å²) in [5, 5.41) is 3.37. The van der Waals surface area contributed by atoms with E-state index in [2.05, 4.69) is 29.0 Å². The van der Waals surface area contributed by atoms with Gasteiger partial charge in [-0.15, -0.1) is 0 Å². The summed E-state index contributed by atoms with van der Waals surface area (Å²) >= 11 is 0. The smallest absolute Gasteiger partial charge is 0.242 e. The van der Waals surface area contributed by atoms with Gasteiger partial charge in [0.1, 0.15) is 0 Å². The van der Waals surface area contributed by atoms with Crippen LogP contribution in [0.5, 0.6) is 0 Å². The Hall–Kier alpha value is -0.650. The first-order valence-corrected chi connectivity index (χ1v) is 8.43. The molecule has 3 aliphatic rings. The van der Waals surface area contributed by atoms with Gasteiger partial charge in [-0.05, 0) is 33.1 Å². The molecule has 2 saturated heterocycles. The number of hydrogen-bond acceptors (Lipinski definition) is 4. The summed E-state index contributed by atoms with van der Waals surface area (Å²) in [5.41, 5.74) is -0.385. The standard InChI is InChI=1S/C16H29N3O2/c1-16(2,18-8-6-17-7-9-18)15(20)19(14-3-4-14)11-13-5-10-21-12-13/h13-14,17H,3-12H2,1-2H3. The highest BCUT2D eigenvalue weighted by Crippen LogP contribution is 2.32. The summed E-state index contributed by atoms with van der Waals surface area (Å²) < 4.78 is 5.48. The van der Waals surface area contributed by atoms with Crippen molar-refractivity contribution in [2.45, 2.75) is 44.7 Å². The second-order valence-electron chi connectivity index (χ2n) is 7.21. The minimum Gasteiger partial charge on any atom is -0.381 e. The van der Waals surface area contributed by atoms with Gasteiger partial charge in [-0.1, -0.05) is 0 Å². The SMILES string of the molecule is CC(C)(C(=O)N(CC1CCOC1)C1CC1)N1CCNCC1. The second-order valence-corrected chi connectivity index (χ2v) is 7.21. The zero-order chi connectivity index (χ0) is 14.9. The Morgan fingerprint density at radius 2 is 2.00 bits per heavy atom. The van der Waals surface area contributed by atoms with Crippen LogP contribution in [0.25, 0.3) is 0 Å². The maximum Gasteiger partial charge on any atom is 0.242 e. The number of carbonyl (C=O) groups is 1. The number of rotatable bonds is 5. The van der Waals surface area contributed by atoms with Gasteiger partial charge in [0.25, 0.3) is 0 Å². The van der Waals surface area contributed by atoms with Crippen LogP contribution >= 0.6 is 0 Å². The van der Waals surface area contributed by atoms with E-state index < -0.39 is 0 Å². The van der Waals surface area contributed by atoms with Crippen molar-refractivity contribution in [3.8, 4) is 0 Å². The van der Waals surface area contributed by atoms with Crippen molar-refractivity contribution in [2.24, 2.45) is 5.92 Å². The number of ether oxygens (including phenoxy) is 1. The molecule has 120 valence electrons. The molecule has 1 aliphatic carbocycles. The molecule has 0 aromatic heterocycles. The lowest BCUT2D eigenvalue weighted by molar-refractivity contribution is -0.144. The van der Waals surface area contributed by atoms with Crippen LogP contribution in [-0.4, -0.2) is 73.2 Å². The highest BCUT2D eigenvalue weighted by molar-refractivity contribution is 5.86. The number of carbonyl (C=O) groups excluding carboxylic acids is 1. The predicted molar refractivity (Wildman–Crippen MR) is 82.2 cm³/mol. The zero-order valence-electron chi connectivity index (χ0n) is 13.4. The van der Waals surface area contributed by atoms with Crippen LogP contribution in [0.4, 0.5) is 0 Å². The Balaban J connectivity index is 1.66. The molecule has 3 fully saturated rings. The third-order valence-electron chi connectivity index (χ3n) is 5.16. The Morgan fingerprint density at radius 3 is 2.57 bits per heavy atom. The Labute approximate surface area is 128 Å². The zero-order valence-corrected chi connectivity index (χ0v) is 13.4. The maximum atomic E-state index is 13.2. The van der Waals surface area contributed by atoms with Gasteiger partial charge in [0.05, 0.1) is 12.1 Å². The van der Waals surface area contributed by atoms with Crippen LogP contribution in [0, 0.1) is 5.92 Å². The molecule has 1 atom stereocenters. The van der Waals surface area contributed by atoms with Gasteiger partial charge in [0, 0.05) is 51.3 Å². The third-order valence-corrected chi connectivity index (χ3v) is 5.16. The molecule has 0 bridgehead atoms. The van der Waals surface area contributed by atoms with Crippen molar-refractivity contribution >= 4 is 5.91 Å². The molecule has 5 heteroatoms. The second kappa shape index (κ2) is 6.23. The number of amides is 1. The molecule has 1 unspecified atom stereocenters. The van der Waals surface area contributed by atoms with Crippen LogP contribution in [0.15, 0.2) is 0 Å². The van der Waals surface area contributed by atoms with Crippen LogP contribution in [0.2, 0.25) is 0 Å². The fourth-order valence-electron chi connectivity index (χ4n) is 3.50. The van der Waals surface area contributed by atoms with Gasteiger partial charge in [0.15, 0.2) is 0 Å². The van der Waals surface area contributed by atoms with E-state index in [-0.39, 0.29) is 5.54 Å². The van der Waals surface area contributed by atoms with Crippen LogP contribution in [0.3, 0.4) is 0 Å².